The lowest BCUT2D eigenvalue weighted by Crippen LogP contribution is -2.35. The van der Waals surface area contributed by atoms with Crippen molar-refractivity contribution in [1.29, 1.82) is 0 Å². The van der Waals surface area contributed by atoms with E-state index in [0.717, 1.165) is 5.56 Å². The highest BCUT2D eigenvalue weighted by Gasteiger charge is 2.18. The van der Waals surface area contributed by atoms with Gasteiger partial charge in [-0.3, -0.25) is 9.59 Å². The number of aryl methyl sites for hydroxylation is 2. The molecule has 0 saturated carbocycles. The number of aliphatic hydroxyl groups excluding tert-OH is 1. The van der Waals surface area contributed by atoms with Crippen LogP contribution in [0.3, 0.4) is 0 Å². The first-order chi connectivity index (χ1) is 11.4. The van der Waals surface area contributed by atoms with E-state index in [9.17, 15) is 14.7 Å². The molecule has 0 spiro atoms. The molecule has 3 N–H and O–H groups in total. The van der Waals surface area contributed by atoms with Crippen LogP contribution in [0.4, 0.5) is 0 Å². The van der Waals surface area contributed by atoms with Crippen molar-refractivity contribution in [2.24, 2.45) is 0 Å². The van der Waals surface area contributed by atoms with Crippen molar-refractivity contribution in [3.05, 3.63) is 63.3 Å². The summed E-state index contributed by atoms with van der Waals surface area (Å²) in [5.41, 5.74) is 1.65. The minimum atomic E-state index is -0.508. The third-order valence-electron chi connectivity index (χ3n) is 3.96. The molecular weight excluding hydrogens is 306 g/mol. The van der Waals surface area contributed by atoms with Crippen molar-refractivity contribution in [2.45, 2.75) is 39.2 Å². The number of nitrogens with one attached hydrogen (secondary N) is 2. The molecule has 2 unspecified atom stereocenters. The molecule has 6 heteroatoms. The van der Waals surface area contributed by atoms with E-state index in [1.807, 2.05) is 30.3 Å². The number of aromatic nitrogens is 2. The fourth-order valence-corrected chi connectivity index (χ4v) is 2.55. The molecule has 2 atom stereocenters. The third-order valence-corrected chi connectivity index (χ3v) is 3.96. The van der Waals surface area contributed by atoms with Crippen molar-refractivity contribution in [1.82, 2.24) is 15.3 Å². The van der Waals surface area contributed by atoms with Crippen molar-refractivity contribution in [3.8, 4) is 0 Å². The highest BCUT2D eigenvalue weighted by Crippen LogP contribution is 2.20. The number of benzene rings is 1. The van der Waals surface area contributed by atoms with E-state index in [1.165, 1.54) is 0 Å². The molecule has 0 radical (unpaired) electrons. The molecule has 0 fully saturated rings. The van der Waals surface area contributed by atoms with E-state index in [1.54, 1.807) is 20.8 Å². The number of carbonyl (C=O) groups is 1. The van der Waals surface area contributed by atoms with Crippen LogP contribution < -0.4 is 10.9 Å². The molecule has 1 aromatic heterocycles. The van der Waals surface area contributed by atoms with Gasteiger partial charge in [0.1, 0.15) is 0 Å². The molecule has 1 heterocycles. The third kappa shape index (κ3) is 4.52. The Kier molecular flexibility index (Phi) is 5.87. The van der Waals surface area contributed by atoms with E-state index in [0.29, 0.717) is 24.4 Å². The summed E-state index contributed by atoms with van der Waals surface area (Å²) in [5.74, 6) is -0.549. The number of nitrogens with zero attached hydrogens (tertiary/aromatic N) is 1. The summed E-state index contributed by atoms with van der Waals surface area (Å²) in [6, 6.07) is 9.67. The zero-order chi connectivity index (χ0) is 17.7. The van der Waals surface area contributed by atoms with Gasteiger partial charge in [0.2, 0.25) is 0 Å². The minimum Gasteiger partial charge on any atom is -0.393 e. The van der Waals surface area contributed by atoms with E-state index >= 15 is 0 Å². The number of rotatable bonds is 6. The van der Waals surface area contributed by atoms with Gasteiger partial charge in [0.25, 0.3) is 11.5 Å². The summed E-state index contributed by atoms with van der Waals surface area (Å²) in [6.07, 6.45) is 0.0244. The average molecular weight is 329 g/mol. The van der Waals surface area contributed by atoms with Crippen molar-refractivity contribution < 1.29 is 9.90 Å². The van der Waals surface area contributed by atoms with Gasteiger partial charge in [-0.1, -0.05) is 30.3 Å². The summed E-state index contributed by atoms with van der Waals surface area (Å²) in [4.78, 5) is 30.9. The predicted molar refractivity (Wildman–Crippen MR) is 92.1 cm³/mol. The van der Waals surface area contributed by atoms with Crippen molar-refractivity contribution >= 4 is 5.91 Å². The number of H-pyrrole nitrogens is 1. The van der Waals surface area contributed by atoms with Crippen LogP contribution in [-0.4, -0.2) is 33.6 Å². The van der Waals surface area contributed by atoms with Crippen molar-refractivity contribution in [2.75, 3.05) is 6.54 Å². The Morgan fingerprint density at radius 1 is 1.29 bits per heavy atom. The van der Waals surface area contributed by atoms with Crippen LogP contribution in [0.1, 0.15) is 46.7 Å². The lowest BCUT2D eigenvalue weighted by Gasteiger charge is -2.19. The van der Waals surface area contributed by atoms with E-state index in [-0.39, 0.29) is 11.6 Å². The molecule has 6 nitrogen and oxygen atoms in total. The highest BCUT2D eigenvalue weighted by atomic mass is 16.3. The molecule has 0 aliphatic rings. The Morgan fingerprint density at radius 3 is 2.58 bits per heavy atom. The van der Waals surface area contributed by atoms with Crippen LogP contribution in [0.2, 0.25) is 0 Å². The van der Waals surface area contributed by atoms with Crippen LogP contribution in [0.15, 0.2) is 35.1 Å². The highest BCUT2D eigenvalue weighted by molar-refractivity contribution is 5.91. The number of hydrogen-bond acceptors (Lipinski definition) is 4. The zero-order valence-electron chi connectivity index (χ0n) is 14.2. The normalized spacial score (nSPS) is 13.3. The average Bonchev–Trinajstić information content (AvgIpc) is 2.55. The Bertz CT molecular complexity index is 754. The number of aromatic amines is 1. The van der Waals surface area contributed by atoms with E-state index in [2.05, 4.69) is 15.3 Å². The van der Waals surface area contributed by atoms with Gasteiger partial charge < -0.3 is 15.4 Å². The van der Waals surface area contributed by atoms with Crippen molar-refractivity contribution in [3.63, 3.8) is 0 Å². The first kappa shape index (κ1) is 17.9. The summed E-state index contributed by atoms with van der Waals surface area (Å²) in [6.45, 7) is 5.51. The first-order valence-corrected chi connectivity index (χ1v) is 7.97. The molecule has 0 aliphatic heterocycles. The Labute approximate surface area is 141 Å². The van der Waals surface area contributed by atoms with Gasteiger partial charge in [0.15, 0.2) is 5.69 Å². The maximum absolute atomic E-state index is 12.3. The lowest BCUT2D eigenvalue weighted by molar-refractivity contribution is 0.0938. The number of aliphatic hydroxyl groups is 1. The maximum Gasteiger partial charge on any atom is 0.279 e. The number of carbonyl (C=O) groups excluding carboxylic acids is 1. The van der Waals surface area contributed by atoms with Gasteiger partial charge >= 0.3 is 0 Å². The quantitative estimate of drug-likeness (QED) is 0.751. The van der Waals surface area contributed by atoms with Gasteiger partial charge in [0.05, 0.1) is 11.8 Å². The van der Waals surface area contributed by atoms with Gasteiger partial charge in [-0.2, -0.15) is 0 Å². The Morgan fingerprint density at radius 2 is 1.96 bits per heavy atom. The fourth-order valence-electron chi connectivity index (χ4n) is 2.55. The lowest BCUT2D eigenvalue weighted by atomic mass is 9.93. The SMILES string of the molecule is Cc1nc(C(=O)NCC(CC(C)O)c2ccccc2)c(=O)[nH]c1C. The molecular formula is C18H23N3O3. The predicted octanol–water partition coefficient (Wildman–Crippen LogP) is 1.67. The molecule has 0 aliphatic carbocycles. The second kappa shape index (κ2) is 7.88. The van der Waals surface area contributed by atoms with Crippen LogP contribution in [0, 0.1) is 13.8 Å². The monoisotopic (exact) mass is 329 g/mol. The topological polar surface area (TPSA) is 95.1 Å². The molecule has 2 aromatic rings. The fraction of sp³-hybridized carbons (Fsp3) is 0.389. The smallest absolute Gasteiger partial charge is 0.279 e. The standard InChI is InChI=1S/C18H23N3O3/c1-11(22)9-15(14-7-5-4-6-8-14)10-19-17(23)16-18(24)21-13(3)12(2)20-16/h4-8,11,15,22H,9-10H2,1-3H3,(H,19,23)(H,21,24). The van der Waals surface area contributed by atoms with Crippen LogP contribution in [0.25, 0.3) is 0 Å². The second-order valence-corrected chi connectivity index (χ2v) is 6.03. The van der Waals surface area contributed by atoms with Gasteiger partial charge in [0, 0.05) is 18.2 Å². The number of hydrogen-bond donors (Lipinski definition) is 3. The molecule has 0 bridgehead atoms. The summed E-state index contributed by atoms with van der Waals surface area (Å²) in [7, 11) is 0. The van der Waals surface area contributed by atoms with Gasteiger partial charge in [-0.15, -0.1) is 0 Å². The first-order valence-electron chi connectivity index (χ1n) is 7.97. The maximum atomic E-state index is 12.3. The molecule has 24 heavy (non-hydrogen) atoms. The van der Waals surface area contributed by atoms with Crippen LogP contribution in [0.5, 0.6) is 0 Å². The molecule has 128 valence electrons. The summed E-state index contributed by atoms with van der Waals surface area (Å²) in [5, 5.41) is 12.5. The molecule has 1 amide bonds. The van der Waals surface area contributed by atoms with Gasteiger partial charge in [-0.05, 0) is 32.8 Å². The Hall–Kier alpha value is -2.47. The van der Waals surface area contributed by atoms with Gasteiger partial charge in [-0.25, -0.2) is 4.98 Å². The van der Waals surface area contributed by atoms with Crippen LogP contribution >= 0.6 is 0 Å². The van der Waals surface area contributed by atoms with E-state index < -0.39 is 17.6 Å². The Balaban J connectivity index is 2.13. The molecule has 2 rings (SSSR count). The molecule has 0 saturated heterocycles. The zero-order valence-corrected chi connectivity index (χ0v) is 14.2. The largest absolute Gasteiger partial charge is 0.393 e. The number of amides is 1. The second-order valence-electron chi connectivity index (χ2n) is 6.03. The van der Waals surface area contributed by atoms with E-state index in [4.69, 9.17) is 0 Å². The summed E-state index contributed by atoms with van der Waals surface area (Å²) < 4.78 is 0. The molecule has 1 aromatic carbocycles. The van der Waals surface area contributed by atoms with Crippen LogP contribution in [-0.2, 0) is 0 Å². The summed E-state index contributed by atoms with van der Waals surface area (Å²) >= 11 is 0. The minimum absolute atomic E-state index is 0.0409.